The van der Waals surface area contributed by atoms with Crippen LogP contribution in [-0.2, 0) is 17.7 Å². The summed E-state index contributed by atoms with van der Waals surface area (Å²) in [6.07, 6.45) is 4.73. The molecule has 1 unspecified atom stereocenters. The molecule has 1 atom stereocenters. The van der Waals surface area contributed by atoms with E-state index in [1.165, 1.54) is 19.3 Å². The molecule has 6 heteroatoms. The molecule has 0 aliphatic carbocycles. The Morgan fingerprint density at radius 1 is 0.682 bits per heavy atom. The second-order valence-electron chi connectivity index (χ2n) is 5.99. The molecule has 0 fully saturated rings. The van der Waals surface area contributed by atoms with Crippen molar-refractivity contribution in [1.29, 1.82) is 0 Å². The monoisotopic (exact) mass is 350 g/mol. The molecule has 0 aromatic rings. The highest BCUT2D eigenvalue weighted by Gasteiger charge is 2.56. The highest BCUT2D eigenvalue weighted by Crippen LogP contribution is 2.39. The summed E-state index contributed by atoms with van der Waals surface area (Å²) in [4.78, 5) is 0. The summed E-state index contributed by atoms with van der Waals surface area (Å²) in [5.74, 6) is 0. The fraction of sp³-hybridized carbons (Fsp3) is 1.00. The van der Waals surface area contributed by atoms with Gasteiger partial charge in [-0.3, -0.25) is 0 Å². The van der Waals surface area contributed by atoms with Gasteiger partial charge in [0.25, 0.3) is 0 Å². The van der Waals surface area contributed by atoms with E-state index in [1.807, 2.05) is 20.8 Å². The van der Waals surface area contributed by atoms with Crippen molar-refractivity contribution in [3.8, 4) is 0 Å². The average Bonchev–Trinajstić information content (AvgIpc) is 2.44. The fourth-order valence-electron chi connectivity index (χ4n) is 3.05. The number of rotatable bonds is 14. The van der Waals surface area contributed by atoms with Crippen molar-refractivity contribution >= 4 is 17.1 Å². The molecule has 0 spiro atoms. The van der Waals surface area contributed by atoms with Crippen LogP contribution in [0.3, 0.4) is 0 Å². The van der Waals surface area contributed by atoms with E-state index in [-0.39, 0.29) is 0 Å². The molecule has 0 saturated heterocycles. The zero-order valence-corrected chi connectivity index (χ0v) is 17.9. The average molecular weight is 351 g/mol. The highest BCUT2D eigenvalue weighted by molar-refractivity contribution is 6.87. The van der Waals surface area contributed by atoms with Crippen molar-refractivity contribution in [2.24, 2.45) is 0 Å². The molecule has 0 aliphatic rings. The van der Waals surface area contributed by atoms with Crippen molar-refractivity contribution in [2.45, 2.75) is 78.6 Å². The maximum Gasteiger partial charge on any atom is 0.503 e. The molecular formula is C16H38O4Si2. The van der Waals surface area contributed by atoms with E-state index in [0.717, 1.165) is 13.0 Å². The van der Waals surface area contributed by atoms with E-state index in [1.54, 1.807) is 0 Å². The molecule has 4 nitrogen and oxygen atoms in total. The van der Waals surface area contributed by atoms with Crippen molar-refractivity contribution < 1.29 is 17.7 Å². The second kappa shape index (κ2) is 11.8. The lowest BCUT2D eigenvalue weighted by Gasteiger charge is -2.42. The SMILES string of the molecule is CCCCCC([Si](C)(C)OCC)[Si](OCC)(OCC)OCC. The first-order valence-corrected chi connectivity index (χ1v) is 13.8. The molecule has 0 aromatic carbocycles. The van der Waals surface area contributed by atoms with Crippen LogP contribution in [0.5, 0.6) is 0 Å². The van der Waals surface area contributed by atoms with Gasteiger partial charge < -0.3 is 17.7 Å². The van der Waals surface area contributed by atoms with Gasteiger partial charge in [-0.1, -0.05) is 26.2 Å². The van der Waals surface area contributed by atoms with Crippen LogP contribution in [0.2, 0.25) is 18.3 Å². The molecule has 0 saturated carbocycles. The van der Waals surface area contributed by atoms with Gasteiger partial charge in [-0.2, -0.15) is 0 Å². The number of unbranched alkanes of at least 4 members (excludes halogenated alkanes) is 2. The summed E-state index contributed by atoms with van der Waals surface area (Å²) < 4.78 is 24.8. The van der Waals surface area contributed by atoms with Crippen LogP contribution in [0.15, 0.2) is 0 Å². The van der Waals surface area contributed by atoms with Crippen LogP contribution in [0.4, 0.5) is 0 Å². The Kier molecular flexibility index (Phi) is 11.9. The Morgan fingerprint density at radius 3 is 1.50 bits per heavy atom. The summed E-state index contributed by atoms with van der Waals surface area (Å²) >= 11 is 0. The van der Waals surface area contributed by atoms with Gasteiger partial charge in [0.05, 0.1) is 0 Å². The Balaban J connectivity index is 5.47. The van der Waals surface area contributed by atoms with E-state index in [4.69, 9.17) is 17.7 Å². The third-order valence-electron chi connectivity index (χ3n) is 3.92. The lowest BCUT2D eigenvalue weighted by molar-refractivity contribution is 0.0641. The fourth-order valence-corrected chi connectivity index (χ4v) is 11.9. The zero-order chi connectivity index (χ0) is 17.1. The Morgan fingerprint density at radius 2 is 1.14 bits per heavy atom. The van der Waals surface area contributed by atoms with E-state index in [0.29, 0.717) is 25.0 Å². The molecule has 0 aromatic heterocycles. The second-order valence-corrected chi connectivity index (χ2v) is 13.5. The van der Waals surface area contributed by atoms with Gasteiger partial charge in [0.15, 0.2) is 8.32 Å². The first-order valence-electron chi connectivity index (χ1n) is 8.99. The van der Waals surface area contributed by atoms with E-state index in [2.05, 4.69) is 26.9 Å². The van der Waals surface area contributed by atoms with Crippen LogP contribution in [0.25, 0.3) is 0 Å². The smallest absolute Gasteiger partial charge is 0.417 e. The van der Waals surface area contributed by atoms with Gasteiger partial charge in [0.1, 0.15) is 0 Å². The van der Waals surface area contributed by atoms with Crippen LogP contribution >= 0.6 is 0 Å². The minimum Gasteiger partial charge on any atom is -0.417 e. The van der Waals surface area contributed by atoms with Gasteiger partial charge >= 0.3 is 8.80 Å². The Hall–Kier alpha value is 0.274. The topological polar surface area (TPSA) is 36.9 Å². The van der Waals surface area contributed by atoms with Crippen LogP contribution in [-0.4, -0.2) is 43.5 Å². The first-order chi connectivity index (χ1) is 10.4. The summed E-state index contributed by atoms with van der Waals surface area (Å²) in [6, 6.07) is 0. The predicted octanol–water partition coefficient (Wildman–Crippen LogP) is 4.77. The molecule has 0 amide bonds. The van der Waals surface area contributed by atoms with Crippen molar-refractivity contribution in [1.82, 2.24) is 0 Å². The lowest BCUT2D eigenvalue weighted by Crippen LogP contribution is -2.59. The molecule has 0 bridgehead atoms. The van der Waals surface area contributed by atoms with Gasteiger partial charge in [-0.15, -0.1) is 0 Å². The summed E-state index contributed by atoms with van der Waals surface area (Å²) in [5.41, 5.74) is 0. The molecule has 0 N–H and O–H groups in total. The van der Waals surface area contributed by atoms with Crippen LogP contribution in [0.1, 0.15) is 60.3 Å². The molecule has 134 valence electrons. The molecule has 0 aliphatic heterocycles. The quantitative estimate of drug-likeness (QED) is 0.334. The number of hydrogen-bond acceptors (Lipinski definition) is 4. The lowest BCUT2D eigenvalue weighted by atomic mass is 10.2. The standard InChI is InChI=1S/C16H38O4Si2/c1-8-13-14-15-16(21(6,7)17-9-2)22(18-10-3,19-11-4)20-12-5/h16H,8-15H2,1-7H3. The first kappa shape index (κ1) is 22.3. The third-order valence-corrected chi connectivity index (χ3v) is 13.3. The van der Waals surface area contributed by atoms with Gasteiger partial charge in [-0.05, 0) is 47.2 Å². The van der Waals surface area contributed by atoms with E-state index < -0.39 is 17.1 Å². The minimum atomic E-state index is -2.71. The van der Waals surface area contributed by atoms with Gasteiger partial charge in [0.2, 0.25) is 0 Å². The minimum absolute atomic E-state index is 0.298. The van der Waals surface area contributed by atoms with Crippen LogP contribution in [0, 0.1) is 0 Å². The number of hydrogen-bond donors (Lipinski definition) is 0. The molecule has 22 heavy (non-hydrogen) atoms. The van der Waals surface area contributed by atoms with Crippen molar-refractivity contribution in [3.63, 3.8) is 0 Å². The predicted molar refractivity (Wildman–Crippen MR) is 97.6 cm³/mol. The van der Waals surface area contributed by atoms with E-state index >= 15 is 0 Å². The van der Waals surface area contributed by atoms with Gasteiger partial charge in [-0.25, -0.2) is 0 Å². The maximum absolute atomic E-state index is 6.20. The van der Waals surface area contributed by atoms with Crippen molar-refractivity contribution in [2.75, 3.05) is 26.4 Å². The summed E-state index contributed by atoms with van der Waals surface area (Å²) in [5, 5.41) is 0.298. The third kappa shape index (κ3) is 6.80. The zero-order valence-electron chi connectivity index (χ0n) is 15.9. The molecule has 0 heterocycles. The Labute approximate surface area is 140 Å². The normalized spacial score (nSPS) is 14.3. The van der Waals surface area contributed by atoms with Gasteiger partial charge in [0, 0.05) is 31.6 Å². The maximum atomic E-state index is 6.20. The molecule has 0 rings (SSSR count). The van der Waals surface area contributed by atoms with E-state index in [9.17, 15) is 0 Å². The summed E-state index contributed by atoms with van der Waals surface area (Å²) in [7, 11) is -4.65. The van der Waals surface area contributed by atoms with Crippen LogP contribution < -0.4 is 0 Å². The summed E-state index contributed by atoms with van der Waals surface area (Å²) in [6.45, 7) is 17.6. The largest absolute Gasteiger partial charge is 0.503 e. The van der Waals surface area contributed by atoms with Crippen molar-refractivity contribution in [3.05, 3.63) is 0 Å². The Bertz CT molecular complexity index is 258. The molecule has 0 radical (unpaired) electrons. The highest BCUT2D eigenvalue weighted by atomic mass is 28.4. The molecular weight excluding hydrogens is 312 g/mol.